The van der Waals surface area contributed by atoms with E-state index in [2.05, 4.69) is 6.92 Å². The molecular formula is C15H24N2O2. The summed E-state index contributed by atoms with van der Waals surface area (Å²) in [5.74, 6) is 0.0637. The number of hydrogen-bond donors (Lipinski definition) is 1. The van der Waals surface area contributed by atoms with Crippen molar-refractivity contribution in [2.24, 2.45) is 0 Å². The first kappa shape index (κ1) is 15.5. The van der Waals surface area contributed by atoms with Gasteiger partial charge in [-0.15, -0.1) is 0 Å². The lowest BCUT2D eigenvalue weighted by Gasteiger charge is -2.28. The van der Waals surface area contributed by atoms with E-state index in [1.165, 1.54) is 0 Å². The van der Waals surface area contributed by atoms with Gasteiger partial charge in [0.15, 0.2) is 0 Å². The molecule has 0 saturated carbocycles. The third kappa shape index (κ3) is 4.24. The van der Waals surface area contributed by atoms with E-state index >= 15 is 0 Å². The van der Waals surface area contributed by atoms with Gasteiger partial charge in [0.25, 0.3) is 0 Å². The van der Waals surface area contributed by atoms with Gasteiger partial charge in [-0.1, -0.05) is 25.1 Å². The Kier molecular flexibility index (Phi) is 5.83. The number of benzene rings is 1. The zero-order valence-corrected chi connectivity index (χ0v) is 12.3. The van der Waals surface area contributed by atoms with Crippen molar-refractivity contribution in [1.82, 2.24) is 4.90 Å². The van der Waals surface area contributed by atoms with Crippen LogP contribution < -0.4 is 4.90 Å². The molecule has 0 aliphatic rings. The molecule has 1 rings (SSSR count). The number of anilines is 1. The topological polar surface area (TPSA) is 43.8 Å². The van der Waals surface area contributed by atoms with Gasteiger partial charge < -0.3 is 14.9 Å². The van der Waals surface area contributed by atoms with Gasteiger partial charge in [0, 0.05) is 31.9 Å². The van der Waals surface area contributed by atoms with E-state index < -0.39 is 6.10 Å². The van der Waals surface area contributed by atoms with Crippen LogP contribution in [0.3, 0.4) is 0 Å². The molecule has 0 radical (unpaired) electrons. The fourth-order valence-corrected chi connectivity index (χ4v) is 1.99. The second-order valence-electron chi connectivity index (χ2n) is 4.94. The van der Waals surface area contributed by atoms with E-state index in [1.54, 1.807) is 25.9 Å². The zero-order valence-electron chi connectivity index (χ0n) is 12.3. The van der Waals surface area contributed by atoms with Crippen LogP contribution in [0.1, 0.15) is 31.9 Å². The maximum atomic E-state index is 11.9. The Morgan fingerprint density at radius 1 is 1.32 bits per heavy atom. The van der Waals surface area contributed by atoms with Crippen LogP contribution in [-0.4, -0.2) is 43.1 Å². The molecule has 19 heavy (non-hydrogen) atoms. The van der Waals surface area contributed by atoms with E-state index in [4.69, 9.17) is 0 Å². The smallest absolute Gasteiger partial charge is 0.241 e. The molecule has 0 aliphatic carbocycles. The molecular weight excluding hydrogens is 240 g/mol. The molecule has 4 nitrogen and oxygen atoms in total. The second kappa shape index (κ2) is 7.14. The fourth-order valence-electron chi connectivity index (χ4n) is 1.99. The third-order valence-corrected chi connectivity index (χ3v) is 3.05. The number of hydrogen-bond acceptors (Lipinski definition) is 3. The zero-order chi connectivity index (χ0) is 14.4. The summed E-state index contributed by atoms with van der Waals surface area (Å²) in [5.41, 5.74) is 1.80. The number of amides is 1. The fraction of sp³-hybridized carbons (Fsp3) is 0.533. The van der Waals surface area contributed by atoms with Crippen LogP contribution in [0.25, 0.3) is 0 Å². The number of rotatable bonds is 6. The molecule has 1 N–H and O–H groups in total. The summed E-state index contributed by atoms with van der Waals surface area (Å²) in [6.07, 6.45) is 0.416. The van der Waals surface area contributed by atoms with Crippen LogP contribution in [0.4, 0.5) is 5.69 Å². The van der Waals surface area contributed by atoms with Crippen molar-refractivity contribution in [2.45, 2.75) is 26.4 Å². The highest BCUT2D eigenvalue weighted by molar-refractivity contribution is 5.81. The van der Waals surface area contributed by atoms with E-state index in [0.717, 1.165) is 24.2 Å². The minimum atomic E-state index is -0.537. The highest BCUT2D eigenvalue weighted by atomic mass is 16.3. The highest BCUT2D eigenvalue weighted by Gasteiger charge is 2.16. The Balaban J connectivity index is 3.02. The monoisotopic (exact) mass is 264 g/mol. The quantitative estimate of drug-likeness (QED) is 0.855. The van der Waals surface area contributed by atoms with Crippen molar-refractivity contribution in [1.29, 1.82) is 0 Å². The molecule has 106 valence electrons. The summed E-state index contributed by atoms with van der Waals surface area (Å²) in [6, 6.07) is 7.71. The Bertz CT molecular complexity index is 416. The summed E-state index contributed by atoms with van der Waals surface area (Å²) >= 11 is 0. The van der Waals surface area contributed by atoms with Crippen molar-refractivity contribution >= 4 is 11.6 Å². The third-order valence-electron chi connectivity index (χ3n) is 3.05. The average molecular weight is 264 g/mol. The summed E-state index contributed by atoms with van der Waals surface area (Å²) in [5, 5.41) is 9.84. The first-order chi connectivity index (χ1) is 8.97. The van der Waals surface area contributed by atoms with Crippen LogP contribution in [0.2, 0.25) is 0 Å². The highest BCUT2D eigenvalue weighted by Crippen LogP contribution is 2.26. The van der Waals surface area contributed by atoms with E-state index in [-0.39, 0.29) is 5.91 Å². The molecule has 0 heterocycles. The normalized spacial score (nSPS) is 12.1. The maximum Gasteiger partial charge on any atom is 0.241 e. The molecule has 0 bridgehead atoms. The molecule has 0 unspecified atom stereocenters. The van der Waals surface area contributed by atoms with Gasteiger partial charge in [-0.2, -0.15) is 0 Å². The Morgan fingerprint density at radius 2 is 1.95 bits per heavy atom. The Morgan fingerprint density at radius 3 is 2.47 bits per heavy atom. The van der Waals surface area contributed by atoms with Crippen molar-refractivity contribution in [3.63, 3.8) is 0 Å². The number of aliphatic hydroxyl groups is 1. The van der Waals surface area contributed by atoms with Gasteiger partial charge in [0.2, 0.25) is 5.91 Å². The number of carbonyl (C=O) groups excluding carboxylic acids is 1. The lowest BCUT2D eigenvalue weighted by molar-refractivity contribution is -0.127. The van der Waals surface area contributed by atoms with Crippen LogP contribution in [0, 0.1) is 0 Å². The average Bonchev–Trinajstić information content (AvgIpc) is 2.37. The minimum absolute atomic E-state index is 0.0637. The van der Waals surface area contributed by atoms with Gasteiger partial charge in [0.05, 0.1) is 12.6 Å². The van der Waals surface area contributed by atoms with Crippen molar-refractivity contribution in [3.05, 3.63) is 29.8 Å². The molecule has 1 aromatic carbocycles. The molecule has 0 aliphatic heterocycles. The number of nitrogens with zero attached hydrogens (tertiary/aromatic N) is 2. The van der Waals surface area contributed by atoms with Crippen molar-refractivity contribution < 1.29 is 9.90 Å². The molecule has 4 heteroatoms. The molecule has 0 spiro atoms. The molecule has 0 saturated heterocycles. The largest absolute Gasteiger partial charge is 0.389 e. The van der Waals surface area contributed by atoms with E-state index in [0.29, 0.717) is 6.54 Å². The number of likely N-dealkylation sites (N-methyl/N-ethyl adjacent to an activating group) is 1. The van der Waals surface area contributed by atoms with Crippen LogP contribution >= 0.6 is 0 Å². The first-order valence-electron chi connectivity index (χ1n) is 6.69. The van der Waals surface area contributed by atoms with E-state index in [1.807, 2.05) is 29.2 Å². The molecule has 0 aromatic heterocycles. The lowest BCUT2D eigenvalue weighted by Crippen LogP contribution is -2.37. The van der Waals surface area contributed by atoms with E-state index in [9.17, 15) is 9.90 Å². The van der Waals surface area contributed by atoms with Gasteiger partial charge in [0.1, 0.15) is 0 Å². The van der Waals surface area contributed by atoms with Crippen LogP contribution in [0.15, 0.2) is 24.3 Å². The van der Waals surface area contributed by atoms with Gasteiger partial charge in [-0.25, -0.2) is 0 Å². The lowest BCUT2D eigenvalue weighted by atomic mass is 10.1. The standard InChI is InChI=1S/C15H24N2O2/c1-5-10-17(11-15(19)16(3)4)14-9-7-6-8-13(14)12(2)18/h6-9,12,18H,5,10-11H2,1-4H3/t12-/m1/s1. The second-order valence-corrected chi connectivity index (χ2v) is 4.94. The molecule has 1 amide bonds. The van der Waals surface area contributed by atoms with Crippen molar-refractivity contribution in [2.75, 3.05) is 32.1 Å². The predicted octanol–water partition coefficient (Wildman–Crippen LogP) is 2.04. The van der Waals surface area contributed by atoms with Crippen molar-refractivity contribution in [3.8, 4) is 0 Å². The predicted molar refractivity (Wildman–Crippen MR) is 78.3 cm³/mol. The minimum Gasteiger partial charge on any atom is -0.389 e. The summed E-state index contributed by atoms with van der Waals surface area (Å²) < 4.78 is 0. The van der Waals surface area contributed by atoms with Gasteiger partial charge in [-0.05, 0) is 19.4 Å². The summed E-state index contributed by atoms with van der Waals surface area (Å²) in [7, 11) is 3.51. The number of para-hydroxylation sites is 1. The first-order valence-corrected chi connectivity index (χ1v) is 6.69. The number of aliphatic hydroxyl groups excluding tert-OH is 1. The van der Waals surface area contributed by atoms with Crippen LogP contribution in [0.5, 0.6) is 0 Å². The maximum absolute atomic E-state index is 11.9. The summed E-state index contributed by atoms with van der Waals surface area (Å²) in [4.78, 5) is 15.5. The molecule has 1 aromatic rings. The number of carbonyl (C=O) groups is 1. The Hall–Kier alpha value is -1.55. The Labute approximate surface area is 115 Å². The molecule has 0 fully saturated rings. The summed E-state index contributed by atoms with van der Waals surface area (Å²) in [6.45, 7) is 4.96. The van der Waals surface area contributed by atoms with Crippen LogP contribution in [-0.2, 0) is 4.79 Å². The molecule has 1 atom stereocenters. The van der Waals surface area contributed by atoms with Gasteiger partial charge in [-0.3, -0.25) is 4.79 Å². The van der Waals surface area contributed by atoms with Gasteiger partial charge >= 0.3 is 0 Å². The SMILES string of the molecule is CCCN(CC(=O)N(C)C)c1ccccc1[C@@H](C)O.